The molecule has 46 heavy (non-hydrogen) atoms. The van der Waals surface area contributed by atoms with Crippen LogP contribution in [-0.2, 0) is 25.9 Å². The molecule has 2 N–H and O–H groups in total. The number of phenolic OH excluding ortho intramolecular Hbond substituents is 1. The molecule has 0 saturated carbocycles. The Morgan fingerprint density at radius 1 is 0.870 bits per heavy atom. The SMILES string of the molecule is C[C@@H]1Cc2ccccc2CN1C(=O)c1cc2c(cc1-n1nc(C(=O)N(C)c3ccc(O)cc3)c3ccccc31)CCN(C(=O)O)C2. The molecular weight excluding hydrogens is 582 g/mol. The van der Waals surface area contributed by atoms with Crippen molar-refractivity contribution < 1.29 is 24.6 Å². The molecule has 10 nitrogen and oxygen atoms in total. The molecule has 0 spiro atoms. The number of carbonyl (C=O) groups excluding carboxylic acids is 2. The summed E-state index contributed by atoms with van der Waals surface area (Å²) in [4.78, 5) is 45.0. The summed E-state index contributed by atoms with van der Waals surface area (Å²) in [6.45, 7) is 3.02. The standard InChI is InChI=1S/C36H33N5O5/c1-22-17-23-7-3-4-8-25(23)21-40(22)34(43)30-18-26-20-39(36(45)46)16-15-24(26)19-32(30)41-31-10-6-5-9-29(31)33(37-41)35(44)38(2)27-11-13-28(42)14-12-27/h3-14,18-19,22,42H,15-17,20-21H2,1-2H3,(H,45,46)/t22-/m1/s1. The Morgan fingerprint density at radius 2 is 1.59 bits per heavy atom. The van der Waals surface area contributed by atoms with Crippen LogP contribution in [0.1, 0.15) is 50.0 Å². The second kappa shape index (κ2) is 11.4. The van der Waals surface area contributed by atoms with E-state index in [4.69, 9.17) is 5.10 Å². The lowest BCUT2D eigenvalue weighted by molar-refractivity contribution is 0.0658. The van der Waals surface area contributed by atoms with E-state index in [-0.39, 0.29) is 35.8 Å². The van der Waals surface area contributed by atoms with Crippen molar-refractivity contribution in [3.05, 3.63) is 118 Å². The molecule has 5 aromatic rings. The van der Waals surface area contributed by atoms with Gasteiger partial charge in [0.2, 0.25) is 0 Å². The molecule has 1 aromatic heterocycles. The molecule has 0 saturated heterocycles. The number of benzene rings is 4. The molecule has 0 radical (unpaired) electrons. The number of rotatable bonds is 4. The average molecular weight is 616 g/mol. The highest BCUT2D eigenvalue weighted by atomic mass is 16.4. The van der Waals surface area contributed by atoms with Crippen molar-refractivity contribution >= 4 is 34.5 Å². The fourth-order valence-corrected chi connectivity index (χ4v) is 6.57. The van der Waals surface area contributed by atoms with Gasteiger partial charge in [0.05, 0.1) is 16.8 Å². The van der Waals surface area contributed by atoms with Gasteiger partial charge in [0.15, 0.2) is 5.69 Å². The van der Waals surface area contributed by atoms with Crippen molar-refractivity contribution in [1.82, 2.24) is 19.6 Å². The third-order valence-corrected chi connectivity index (χ3v) is 9.16. The summed E-state index contributed by atoms with van der Waals surface area (Å²) in [5.41, 5.74) is 6.46. The zero-order chi connectivity index (χ0) is 32.1. The molecule has 3 amide bonds. The molecule has 0 bridgehead atoms. The minimum Gasteiger partial charge on any atom is -0.508 e. The molecule has 2 aliphatic heterocycles. The van der Waals surface area contributed by atoms with Crippen molar-refractivity contribution in [2.45, 2.75) is 38.9 Å². The first kappa shape index (κ1) is 29.1. The molecule has 232 valence electrons. The van der Waals surface area contributed by atoms with Gasteiger partial charge < -0.3 is 24.9 Å². The Kier molecular flexibility index (Phi) is 7.19. The van der Waals surface area contributed by atoms with Crippen LogP contribution >= 0.6 is 0 Å². The topological polar surface area (TPSA) is 119 Å². The van der Waals surface area contributed by atoms with Crippen molar-refractivity contribution in [2.24, 2.45) is 0 Å². The van der Waals surface area contributed by atoms with Crippen LogP contribution in [0.25, 0.3) is 16.6 Å². The number of amides is 3. The largest absolute Gasteiger partial charge is 0.508 e. The van der Waals surface area contributed by atoms with Crippen molar-refractivity contribution in [2.75, 3.05) is 18.5 Å². The second-order valence-electron chi connectivity index (χ2n) is 12.0. The number of para-hydroxylation sites is 1. The van der Waals surface area contributed by atoms with Gasteiger partial charge in [-0.2, -0.15) is 5.10 Å². The fourth-order valence-electron chi connectivity index (χ4n) is 6.57. The molecule has 0 aliphatic carbocycles. The van der Waals surface area contributed by atoms with E-state index >= 15 is 0 Å². The third-order valence-electron chi connectivity index (χ3n) is 9.16. The van der Waals surface area contributed by atoms with Crippen molar-refractivity contribution in [1.29, 1.82) is 0 Å². The molecule has 3 heterocycles. The Labute approximate surface area is 265 Å². The van der Waals surface area contributed by atoms with Crippen LogP contribution in [0.4, 0.5) is 10.5 Å². The minimum absolute atomic E-state index is 0.0627. The monoisotopic (exact) mass is 615 g/mol. The summed E-state index contributed by atoms with van der Waals surface area (Å²) in [5.74, 6) is -0.423. The number of hydrogen-bond donors (Lipinski definition) is 2. The maximum absolute atomic E-state index is 14.6. The van der Waals surface area contributed by atoms with Crippen LogP contribution in [0.3, 0.4) is 0 Å². The lowest BCUT2D eigenvalue weighted by atomic mass is 9.92. The van der Waals surface area contributed by atoms with E-state index in [9.17, 15) is 24.6 Å². The van der Waals surface area contributed by atoms with Crippen LogP contribution in [0.5, 0.6) is 5.75 Å². The van der Waals surface area contributed by atoms with E-state index in [2.05, 4.69) is 6.07 Å². The predicted octanol–water partition coefficient (Wildman–Crippen LogP) is 5.63. The zero-order valence-corrected chi connectivity index (χ0v) is 25.6. The summed E-state index contributed by atoms with van der Waals surface area (Å²) < 4.78 is 1.67. The Balaban J connectivity index is 1.37. The lowest BCUT2D eigenvalue weighted by Gasteiger charge is -2.36. The quantitative estimate of drug-likeness (QED) is 0.271. The summed E-state index contributed by atoms with van der Waals surface area (Å²) in [6, 6.07) is 25.6. The van der Waals surface area contributed by atoms with E-state index in [0.29, 0.717) is 47.4 Å². The number of hydrogen-bond acceptors (Lipinski definition) is 5. The number of anilines is 1. The number of nitrogens with zero attached hydrogens (tertiary/aromatic N) is 5. The van der Waals surface area contributed by atoms with E-state index in [1.165, 1.54) is 27.5 Å². The summed E-state index contributed by atoms with van der Waals surface area (Å²) in [6.07, 6.45) is 0.218. The highest BCUT2D eigenvalue weighted by Crippen LogP contribution is 2.33. The maximum Gasteiger partial charge on any atom is 0.407 e. The highest BCUT2D eigenvalue weighted by molar-refractivity contribution is 6.12. The van der Waals surface area contributed by atoms with Crippen LogP contribution in [0.2, 0.25) is 0 Å². The smallest absolute Gasteiger partial charge is 0.407 e. The zero-order valence-electron chi connectivity index (χ0n) is 25.6. The predicted molar refractivity (Wildman–Crippen MR) is 174 cm³/mol. The first-order chi connectivity index (χ1) is 22.2. The number of aromatic nitrogens is 2. The van der Waals surface area contributed by atoms with Crippen molar-refractivity contribution in [3.8, 4) is 11.4 Å². The molecule has 0 unspecified atom stereocenters. The van der Waals surface area contributed by atoms with E-state index in [0.717, 1.165) is 23.1 Å². The Hall–Kier alpha value is -5.64. The first-order valence-electron chi connectivity index (χ1n) is 15.3. The molecule has 7 rings (SSSR count). The average Bonchev–Trinajstić information content (AvgIpc) is 3.46. The van der Waals surface area contributed by atoms with Gasteiger partial charge in [-0.25, -0.2) is 9.48 Å². The van der Waals surface area contributed by atoms with Gasteiger partial charge in [-0.05, 0) is 84.5 Å². The first-order valence-corrected chi connectivity index (χ1v) is 15.3. The number of aromatic hydroxyl groups is 1. The summed E-state index contributed by atoms with van der Waals surface area (Å²) in [7, 11) is 1.65. The van der Waals surface area contributed by atoms with Gasteiger partial charge in [-0.1, -0.05) is 42.5 Å². The number of fused-ring (bicyclic) bond motifs is 3. The minimum atomic E-state index is -0.997. The van der Waals surface area contributed by atoms with Crippen LogP contribution < -0.4 is 4.90 Å². The normalized spacial score (nSPS) is 15.7. The molecule has 2 aliphatic rings. The molecule has 10 heteroatoms. The Bertz CT molecular complexity index is 2020. The Morgan fingerprint density at radius 3 is 2.35 bits per heavy atom. The van der Waals surface area contributed by atoms with Crippen LogP contribution in [0.15, 0.2) is 84.9 Å². The van der Waals surface area contributed by atoms with Crippen molar-refractivity contribution in [3.63, 3.8) is 0 Å². The number of carboxylic acid groups (broad SMARTS) is 1. The van der Waals surface area contributed by atoms with Gasteiger partial charge in [0, 0.05) is 43.8 Å². The fraction of sp³-hybridized carbons (Fsp3) is 0.222. The van der Waals surface area contributed by atoms with Gasteiger partial charge >= 0.3 is 6.09 Å². The molecular formula is C36H33N5O5. The van der Waals surface area contributed by atoms with Gasteiger partial charge in [0.25, 0.3) is 11.8 Å². The molecule has 0 fully saturated rings. The van der Waals surface area contributed by atoms with Gasteiger partial charge in [-0.3, -0.25) is 9.59 Å². The summed E-state index contributed by atoms with van der Waals surface area (Å²) >= 11 is 0. The van der Waals surface area contributed by atoms with Crippen LogP contribution in [0, 0.1) is 0 Å². The van der Waals surface area contributed by atoms with Gasteiger partial charge in [-0.15, -0.1) is 0 Å². The lowest BCUT2D eigenvalue weighted by Crippen LogP contribution is -2.43. The van der Waals surface area contributed by atoms with E-state index < -0.39 is 6.09 Å². The van der Waals surface area contributed by atoms with Gasteiger partial charge in [0.1, 0.15) is 5.75 Å². The number of carbonyl (C=O) groups is 3. The molecule has 4 aromatic carbocycles. The summed E-state index contributed by atoms with van der Waals surface area (Å²) in [5, 5.41) is 24.9. The van der Waals surface area contributed by atoms with E-state index in [1.54, 1.807) is 23.9 Å². The number of phenols is 1. The third kappa shape index (κ3) is 5.01. The highest BCUT2D eigenvalue weighted by Gasteiger charge is 2.32. The maximum atomic E-state index is 14.6. The second-order valence-corrected chi connectivity index (χ2v) is 12.0. The van der Waals surface area contributed by atoms with Crippen LogP contribution in [-0.4, -0.2) is 67.3 Å². The molecule has 1 atom stereocenters. The van der Waals surface area contributed by atoms with E-state index in [1.807, 2.05) is 66.4 Å².